The van der Waals surface area contributed by atoms with Gasteiger partial charge in [0.15, 0.2) is 5.82 Å². The molecule has 0 unspecified atom stereocenters. The molecule has 12 heavy (non-hydrogen) atoms. The third-order valence-electron chi connectivity index (χ3n) is 2.14. The van der Waals surface area contributed by atoms with E-state index < -0.39 is 0 Å². The Morgan fingerprint density at radius 1 is 1.33 bits per heavy atom. The van der Waals surface area contributed by atoms with Gasteiger partial charge in [0.2, 0.25) is 0 Å². The van der Waals surface area contributed by atoms with Crippen molar-refractivity contribution < 1.29 is 0 Å². The average molecular weight is 157 g/mol. The highest BCUT2D eigenvalue weighted by Crippen LogP contribution is 2.31. The van der Waals surface area contributed by atoms with E-state index in [2.05, 4.69) is 20.6 Å². The first kappa shape index (κ1) is 5.94. The maximum atomic E-state index is 4.28. The van der Waals surface area contributed by atoms with Gasteiger partial charge in [0.05, 0.1) is 6.54 Å². The van der Waals surface area contributed by atoms with Crippen LogP contribution in [0.15, 0.2) is 29.5 Å². The molecular weight excluding hydrogens is 150 g/mol. The summed E-state index contributed by atoms with van der Waals surface area (Å²) in [5.41, 5.74) is 2.17. The van der Waals surface area contributed by atoms with Gasteiger partial charge < -0.3 is 4.57 Å². The van der Waals surface area contributed by atoms with Crippen LogP contribution in [0.3, 0.4) is 0 Å². The van der Waals surface area contributed by atoms with Gasteiger partial charge in [-0.2, -0.15) is 0 Å². The van der Waals surface area contributed by atoms with Crippen molar-refractivity contribution in [1.82, 2.24) is 9.55 Å². The highest BCUT2D eigenvalue weighted by Gasteiger charge is 2.14. The van der Waals surface area contributed by atoms with E-state index in [1.807, 2.05) is 24.7 Å². The van der Waals surface area contributed by atoms with E-state index in [1.165, 1.54) is 5.56 Å². The summed E-state index contributed by atoms with van der Waals surface area (Å²) in [5.74, 6) is 0.984. The van der Waals surface area contributed by atoms with E-state index in [0.29, 0.717) is 0 Å². The fraction of sp³-hybridized carbons (Fsp3) is 0.111. The van der Waals surface area contributed by atoms with Crippen LogP contribution in [0.2, 0.25) is 0 Å². The lowest BCUT2D eigenvalue weighted by Gasteiger charge is -2.05. The second-order valence-corrected chi connectivity index (χ2v) is 2.85. The number of hydrogen-bond donors (Lipinski definition) is 0. The van der Waals surface area contributed by atoms with Crippen LogP contribution >= 0.6 is 0 Å². The van der Waals surface area contributed by atoms with Gasteiger partial charge in [0, 0.05) is 24.2 Å². The summed E-state index contributed by atoms with van der Waals surface area (Å²) in [6, 6.07) is 4.07. The van der Waals surface area contributed by atoms with Crippen LogP contribution in [0.1, 0.15) is 0 Å². The minimum atomic E-state index is 0.873. The van der Waals surface area contributed by atoms with Gasteiger partial charge in [-0.25, -0.2) is 4.99 Å². The van der Waals surface area contributed by atoms with Gasteiger partial charge in [0.1, 0.15) is 5.69 Å². The lowest BCUT2D eigenvalue weighted by Crippen LogP contribution is -1.94. The smallest absolute Gasteiger partial charge is 0.159 e. The van der Waals surface area contributed by atoms with Crippen molar-refractivity contribution in [2.24, 2.45) is 4.99 Å². The largest absolute Gasteiger partial charge is 0.326 e. The molecule has 0 atom stereocenters. The molecule has 0 radical (unpaired) electrons. The first-order valence-electron chi connectivity index (χ1n) is 3.91. The summed E-state index contributed by atoms with van der Waals surface area (Å²) in [4.78, 5) is 8.53. The lowest BCUT2D eigenvalue weighted by molar-refractivity contribution is 0.888. The topological polar surface area (TPSA) is 30.2 Å². The fourth-order valence-corrected chi connectivity index (χ4v) is 1.54. The molecule has 0 saturated carbocycles. The van der Waals surface area contributed by atoms with Crippen LogP contribution in [-0.2, 0) is 6.54 Å². The fourth-order valence-electron chi connectivity index (χ4n) is 1.54. The van der Waals surface area contributed by atoms with E-state index in [4.69, 9.17) is 0 Å². The molecule has 0 aromatic heterocycles. The van der Waals surface area contributed by atoms with Crippen LogP contribution in [0.4, 0.5) is 5.82 Å². The lowest BCUT2D eigenvalue weighted by atomic mass is 10.2. The summed E-state index contributed by atoms with van der Waals surface area (Å²) in [6.45, 7) is 0.873. The standard InChI is InChI=1S/C9H7N3/c1-3-10-8-7(1)2-5-12-6-4-11-9(8)12/h1-5H,6H2. The van der Waals surface area contributed by atoms with Gasteiger partial charge in [-0.3, -0.25) is 4.98 Å². The zero-order chi connectivity index (χ0) is 7.97. The van der Waals surface area contributed by atoms with Gasteiger partial charge >= 0.3 is 0 Å². The highest BCUT2D eigenvalue weighted by atomic mass is 15.1. The maximum absolute atomic E-state index is 4.28. The molecule has 0 amide bonds. The van der Waals surface area contributed by atoms with E-state index in [1.54, 1.807) is 0 Å². The number of nitrogens with zero attached hydrogens (tertiary/aromatic N) is 3. The molecule has 0 spiro atoms. The van der Waals surface area contributed by atoms with E-state index >= 15 is 0 Å². The second kappa shape index (κ2) is 1.94. The molecule has 3 aliphatic heterocycles. The summed E-state index contributed by atoms with van der Waals surface area (Å²) >= 11 is 0. The van der Waals surface area contributed by atoms with Gasteiger partial charge in [-0.1, -0.05) is 0 Å². The molecule has 0 aliphatic carbocycles. The Bertz CT molecular complexity index is 428. The summed E-state index contributed by atoms with van der Waals surface area (Å²) in [5, 5.41) is 0. The molecule has 0 fully saturated rings. The van der Waals surface area contributed by atoms with Crippen LogP contribution in [0.5, 0.6) is 0 Å². The molecule has 3 heterocycles. The maximum Gasteiger partial charge on any atom is 0.159 e. The molecule has 3 rings (SSSR count). The second-order valence-electron chi connectivity index (χ2n) is 2.85. The predicted molar refractivity (Wildman–Crippen MR) is 47.0 cm³/mol. The normalized spacial score (nSPS) is 14.0. The molecule has 3 heteroatoms. The van der Waals surface area contributed by atoms with E-state index in [-0.39, 0.29) is 0 Å². The first-order valence-corrected chi connectivity index (χ1v) is 3.91. The Kier molecular flexibility index (Phi) is 0.961. The van der Waals surface area contributed by atoms with Gasteiger partial charge in [0.25, 0.3) is 0 Å². The van der Waals surface area contributed by atoms with Crippen molar-refractivity contribution in [2.75, 3.05) is 0 Å². The van der Waals surface area contributed by atoms with E-state index in [0.717, 1.165) is 18.1 Å². The zero-order valence-electron chi connectivity index (χ0n) is 6.44. The number of fused-ring (bicyclic) bond motifs is 3. The number of aromatic nitrogens is 2. The average Bonchev–Trinajstić information content (AvgIpc) is 2.71. The molecular formula is C9H7N3. The Morgan fingerprint density at radius 2 is 2.33 bits per heavy atom. The summed E-state index contributed by atoms with van der Waals surface area (Å²) in [6.07, 6.45) is 5.77. The van der Waals surface area contributed by atoms with Crippen molar-refractivity contribution in [2.45, 2.75) is 6.54 Å². The van der Waals surface area contributed by atoms with Crippen molar-refractivity contribution >= 4 is 12.0 Å². The Hall–Kier alpha value is -1.64. The third-order valence-corrected chi connectivity index (χ3v) is 2.14. The Balaban J connectivity index is 2.43. The molecule has 3 aliphatic rings. The number of hydrogen-bond acceptors (Lipinski definition) is 2. The minimum Gasteiger partial charge on any atom is -0.326 e. The molecule has 0 aromatic carbocycles. The highest BCUT2D eigenvalue weighted by molar-refractivity contribution is 5.78. The van der Waals surface area contributed by atoms with Crippen LogP contribution in [0.25, 0.3) is 11.3 Å². The van der Waals surface area contributed by atoms with Crippen molar-refractivity contribution in [3.8, 4) is 11.3 Å². The van der Waals surface area contributed by atoms with Crippen molar-refractivity contribution in [1.29, 1.82) is 0 Å². The summed E-state index contributed by atoms with van der Waals surface area (Å²) in [7, 11) is 0. The third kappa shape index (κ3) is 0.605. The minimum absolute atomic E-state index is 0.873. The Labute approximate surface area is 69.7 Å². The predicted octanol–water partition coefficient (Wildman–Crippen LogP) is 1.70. The van der Waals surface area contributed by atoms with Gasteiger partial charge in [-0.05, 0) is 12.1 Å². The monoisotopic (exact) mass is 157 g/mol. The SMILES string of the molecule is C1=Nc2c3nccc-3ccn2C1. The molecule has 3 nitrogen and oxygen atoms in total. The Morgan fingerprint density at radius 3 is 3.33 bits per heavy atom. The zero-order valence-corrected chi connectivity index (χ0v) is 6.44. The first-order chi connectivity index (χ1) is 5.95. The van der Waals surface area contributed by atoms with Crippen molar-refractivity contribution in [3.05, 3.63) is 24.5 Å². The number of pyridine rings is 1. The molecule has 58 valence electrons. The van der Waals surface area contributed by atoms with Crippen molar-refractivity contribution in [3.63, 3.8) is 0 Å². The van der Waals surface area contributed by atoms with Crippen LogP contribution in [0, 0.1) is 0 Å². The van der Waals surface area contributed by atoms with E-state index in [9.17, 15) is 0 Å². The molecule has 0 bridgehead atoms. The summed E-state index contributed by atoms with van der Waals surface area (Å²) < 4.78 is 2.09. The van der Waals surface area contributed by atoms with Gasteiger partial charge in [-0.15, -0.1) is 0 Å². The molecule has 0 aromatic rings. The quantitative estimate of drug-likeness (QED) is 0.572. The van der Waals surface area contributed by atoms with Crippen LogP contribution in [-0.4, -0.2) is 15.8 Å². The number of aliphatic imine (C=N–C) groups is 1. The van der Waals surface area contributed by atoms with Crippen LogP contribution < -0.4 is 0 Å². The molecule has 0 saturated heterocycles. The number of rotatable bonds is 0. The molecule has 0 N–H and O–H groups in total.